The number of aromatic hydroxyl groups is 1. The van der Waals surface area contributed by atoms with E-state index in [1.165, 1.54) is 17.7 Å². The fourth-order valence-corrected chi connectivity index (χ4v) is 2.60. The second-order valence-electron chi connectivity index (χ2n) is 4.80. The molecular weight excluding hydrogens is 226 g/mol. The van der Waals surface area contributed by atoms with Gasteiger partial charge >= 0.3 is 0 Å². The van der Waals surface area contributed by atoms with Gasteiger partial charge in [0.15, 0.2) is 0 Å². The van der Waals surface area contributed by atoms with Crippen LogP contribution in [0.2, 0.25) is 0 Å². The Morgan fingerprint density at radius 1 is 1.33 bits per heavy atom. The monoisotopic (exact) mass is 243 g/mol. The van der Waals surface area contributed by atoms with Gasteiger partial charge in [-0.2, -0.15) is 5.10 Å². The first-order chi connectivity index (χ1) is 8.75. The molecule has 4 nitrogen and oxygen atoms in total. The highest BCUT2D eigenvalue weighted by atomic mass is 16.3. The minimum Gasteiger partial charge on any atom is -0.508 e. The number of nitrogens with zero attached hydrogens (tertiary/aromatic N) is 2. The van der Waals surface area contributed by atoms with Crippen molar-refractivity contribution in [3.05, 3.63) is 41.7 Å². The molecule has 3 rings (SSSR count). The van der Waals surface area contributed by atoms with Gasteiger partial charge in [-0.1, -0.05) is 0 Å². The maximum atomic E-state index is 9.31. The number of hydrogen-bond acceptors (Lipinski definition) is 3. The van der Waals surface area contributed by atoms with E-state index in [-0.39, 0.29) is 5.75 Å². The predicted molar refractivity (Wildman–Crippen MR) is 70.2 cm³/mol. The molecule has 0 aliphatic carbocycles. The maximum Gasteiger partial charge on any atom is 0.115 e. The van der Waals surface area contributed by atoms with Crippen LogP contribution in [0.4, 0.5) is 0 Å². The van der Waals surface area contributed by atoms with Gasteiger partial charge in [0.2, 0.25) is 0 Å². The average Bonchev–Trinajstić information content (AvgIpc) is 2.99. The summed E-state index contributed by atoms with van der Waals surface area (Å²) in [5.41, 5.74) is 3.50. The molecule has 0 spiro atoms. The highest BCUT2D eigenvalue weighted by Crippen LogP contribution is 2.26. The molecule has 4 heteroatoms. The molecule has 18 heavy (non-hydrogen) atoms. The van der Waals surface area contributed by atoms with Crippen molar-refractivity contribution in [2.24, 2.45) is 0 Å². The van der Waals surface area contributed by atoms with Crippen molar-refractivity contribution in [1.82, 2.24) is 15.1 Å². The minimum atomic E-state index is 0.281. The van der Waals surface area contributed by atoms with E-state index in [2.05, 4.69) is 17.3 Å². The summed E-state index contributed by atoms with van der Waals surface area (Å²) in [5.74, 6) is 0.861. The lowest BCUT2D eigenvalue weighted by Gasteiger charge is -2.09. The molecule has 1 aliphatic heterocycles. The first-order valence-corrected chi connectivity index (χ1v) is 6.30. The summed E-state index contributed by atoms with van der Waals surface area (Å²) in [6.07, 6.45) is 3.15. The summed E-state index contributed by atoms with van der Waals surface area (Å²) in [5, 5.41) is 17.2. The lowest BCUT2D eigenvalue weighted by molar-refractivity contribution is 0.475. The third kappa shape index (κ3) is 1.88. The number of phenolic OH excluding ortho intramolecular Hbond substituents is 1. The van der Waals surface area contributed by atoms with Gasteiger partial charge < -0.3 is 10.4 Å². The van der Waals surface area contributed by atoms with Gasteiger partial charge in [-0.25, -0.2) is 4.68 Å². The molecule has 1 aromatic heterocycles. The van der Waals surface area contributed by atoms with Crippen LogP contribution in [0.15, 0.2) is 30.5 Å². The number of hydrogen-bond donors (Lipinski definition) is 2. The quantitative estimate of drug-likeness (QED) is 0.847. The average molecular weight is 243 g/mol. The molecule has 0 bridgehead atoms. The molecule has 0 amide bonds. The van der Waals surface area contributed by atoms with Crippen LogP contribution < -0.4 is 5.32 Å². The van der Waals surface area contributed by atoms with Crippen molar-refractivity contribution in [3.63, 3.8) is 0 Å². The highest BCUT2D eigenvalue weighted by Gasteiger charge is 2.21. The van der Waals surface area contributed by atoms with E-state index < -0.39 is 0 Å². The van der Waals surface area contributed by atoms with Gasteiger partial charge in [0, 0.05) is 18.2 Å². The van der Waals surface area contributed by atoms with E-state index in [4.69, 9.17) is 0 Å². The Bertz CT molecular complexity index is 539. The van der Waals surface area contributed by atoms with Crippen LogP contribution in [0.25, 0.3) is 5.69 Å². The molecule has 2 N–H and O–H groups in total. The normalized spacial score (nSPS) is 19.3. The van der Waals surface area contributed by atoms with Crippen molar-refractivity contribution in [2.45, 2.75) is 19.3 Å². The van der Waals surface area contributed by atoms with Gasteiger partial charge in [0.05, 0.1) is 11.9 Å². The van der Waals surface area contributed by atoms with E-state index in [1.54, 1.807) is 12.1 Å². The summed E-state index contributed by atoms with van der Waals surface area (Å²) >= 11 is 0. The lowest BCUT2D eigenvalue weighted by Crippen LogP contribution is -2.08. The Hall–Kier alpha value is -1.81. The number of benzene rings is 1. The standard InChI is InChI=1S/C14H17N3O/c1-10-14(11-6-7-15-8-11)9-16-17(10)12-2-4-13(18)5-3-12/h2-5,9,11,15,18H,6-8H2,1H3. The molecule has 1 aliphatic rings. The fourth-order valence-electron chi connectivity index (χ4n) is 2.60. The molecule has 1 atom stereocenters. The fraction of sp³-hybridized carbons (Fsp3) is 0.357. The van der Waals surface area contributed by atoms with Gasteiger partial charge in [0.25, 0.3) is 0 Å². The molecule has 2 heterocycles. The number of phenols is 1. The van der Waals surface area contributed by atoms with Crippen LogP contribution in [-0.4, -0.2) is 28.0 Å². The van der Waals surface area contributed by atoms with Crippen molar-refractivity contribution in [3.8, 4) is 11.4 Å². The Balaban J connectivity index is 1.96. The van der Waals surface area contributed by atoms with E-state index in [0.717, 1.165) is 18.8 Å². The maximum absolute atomic E-state index is 9.31. The number of nitrogens with one attached hydrogen (secondary N) is 1. The third-order valence-electron chi connectivity index (χ3n) is 3.64. The first-order valence-electron chi connectivity index (χ1n) is 6.30. The smallest absolute Gasteiger partial charge is 0.115 e. The Labute approximate surface area is 106 Å². The molecule has 1 aromatic carbocycles. The molecule has 0 saturated carbocycles. The van der Waals surface area contributed by atoms with Gasteiger partial charge in [0.1, 0.15) is 5.75 Å². The van der Waals surface area contributed by atoms with E-state index in [9.17, 15) is 5.11 Å². The van der Waals surface area contributed by atoms with E-state index in [1.807, 2.05) is 23.0 Å². The highest BCUT2D eigenvalue weighted by molar-refractivity contribution is 5.39. The van der Waals surface area contributed by atoms with Crippen molar-refractivity contribution in [2.75, 3.05) is 13.1 Å². The zero-order valence-electron chi connectivity index (χ0n) is 10.4. The van der Waals surface area contributed by atoms with Crippen molar-refractivity contribution in [1.29, 1.82) is 0 Å². The zero-order valence-corrected chi connectivity index (χ0v) is 10.4. The first kappa shape index (κ1) is 11.3. The van der Waals surface area contributed by atoms with Crippen LogP contribution in [0.1, 0.15) is 23.6 Å². The van der Waals surface area contributed by atoms with Crippen LogP contribution in [-0.2, 0) is 0 Å². The topological polar surface area (TPSA) is 50.1 Å². The SMILES string of the molecule is Cc1c(C2CCNC2)cnn1-c1ccc(O)cc1. The summed E-state index contributed by atoms with van der Waals surface area (Å²) in [6, 6.07) is 7.14. The Kier molecular flexibility index (Phi) is 2.80. The number of rotatable bonds is 2. The molecular formula is C14H17N3O. The molecule has 1 saturated heterocycles. The summed E-state index contributed by atoms with van der Waals surface area (Å²) in [7, 11) is 0. The van der Waals surface area contributed by atoms with Gasteiger partial charge in [-0.3, -0.25) is 0 Å². The van der Waals surface area contributed by atoms with Gasteiger partial charge in [-0.05, 0) is 49.7 Å². The predicted octanol–water partition coefficient (Wildman–Crippen LogP) is 1.96. The van der Waals surface area contributed by atoms with E-state index >= 15 is 0 Å². The van der Waals surface area contributed by atoms with Crippen LogP contribution >= 0.6 is 0 Å². The van der Waals surface area contributed by atoms with E-state index in [0.29, 0.717) is 5.92 Å². The van der Waals surface area contributed by atoms with Crippen LogP contribution in [0.5, 0.6) is 5.75 Å². The molecule has 1 unspecified atom stereocenters. The summed E-state index contributed by atoms with van der Waals surface area (Å²) in [6.45, 7) is 4.24. The second-order valence-corrected chi connectivity index (χ2v) is 4.80. The number of aromatic nitrogens is 2. The van der Waals surface area contributed by atoms with Gasteiger partial charge in [-0.15, -0.1) is 0 Å². The zero-order chi connectivity index (χ0) is 12.5. The second kappa shape index (κ2) is 4.46. The van der Waals surface area contributed by atoms with Crippen LogP contribution in [0, 0.1) is 6.92 Å². The lowest BCUT2D eigenvalue weighted by atomic mass is 9.99. The third-order valence-corrected chi connectivity index (χ3v) is 3.64. The Morgan fingerprint density at radius 2 is 2.11 bits per heavy atom. The summed E-state index contributed by atoms with van der Waals surface area (Å²) < 4.78 is 1.94. The largest absolute Gasteiger partial charge is 0.508 e. The van der Waals surface area contributed by atoms with Crippen molar-refractivity contribution >= 4 is 0 Å². The minimum absolute atomic E-state index is 0.281. The molecule has 0 radical (unpaired) electrons. The van der Waals surface area contributed by atoms with Crippen LogP contribution in [0.3, 0.4) is 0 Å². The van der Waals surface area contributed by atoms with Crippen molar-refractivity contribution < 1.29 is 5.11 Å². The molecule has 94 valence electrons. The Morgan fingerprint density at radius 3 is 2.78 bits per heavy atom. The molecule has 1 fully saturated rings. The molecule has 2 aromatic rings. The summed E-state index contributed by atoms with van der Waals surface area (Å²) in [4.78, 5) is 0.